The van der Waals surface area contributed by atoms with Gasteiger partial charge in [-0.25, -0.2) is 12.7 Å². The predicted octanol–water partition coefficient (Wildman–Crippen LogP) is 1.62. The van der Waals surface area contributed by atoms with Gasteiger partial charge in [0.15, 0.2) is 0 Å². The summed E-state index contributed by atoms with van der Waals surface area (Å²) in [5.74, 6) is 0. The van der Waals surface area contributed by atoms with E-state index < -0.39 is 10.0 Å². The number of benzene rings is 1. The van der Waals surface area contributed by atoms with E-state index >= 15 is 0 Å². The van der Waals surface area contributed by atoms with Crippen molar-refractivity contribution in [1.29, 1.82) is 0 Å². The van der Waals surface area contributed by atoms with Crippen LogP contribution < -0.4 is 11.1 Å². The molecule has 3 N–H and O–H groups in total. The molecule has 5 nitrogen and oxygen atoms in total. The highest BCUT2D eigenvalue weighted by Gasteiger charge is 2.20. The van der Waals surface area contributed by atoms with Gasteiger partial charge in [0.05, 0.1) is 4.90 Å². The molecule has 1 fully saturated rings. The van der Waals surface area contributed by atoms with E-state index in [0.717, 1.165) is 31.4 Å². The number of nitrogens with two attached hydrogens (primary N) is 1. The molecule has 1 aliphatic rings. The van der Waals surface area contributed by atoms with E-state index in [4.69, 9.17) is 5.73 Å². The van der Waals surface area contributed by atoms with Crippen molar-refractivity contribution < 1.29 is 8.42 Å². The maximum absolute atomic E-state index is 12.0. The Balaban J connectivity index is 2.05. The number of nitrogens with zero attached hydrogens (tertiary/aromatic N) is 1. The smallest absolute Gasteiger partial charge is 0.242 e. The van der Waals surface area contributed by atoms with E-state index in [9.17, 15) is 8.42 Å². The van der Waals surface area contributed by atoms with Crippen LogP contribution >= 0.6 is 0 Å². The fraction of sp³-hybridized carbons (Fsp3) is 0.571. The quantitative estimate of drug-likeness (QED) is 0.885. The maximum Gasteiger partial charge on any atom is 0.242 e. The molecule has 0 amide bonds. The van der Waals surface area contributed by atoms with Gasteiger partial charge in [-0.1, -0.05) is 0 Å². The fourth-order valence-corrected chi connectivity index (χ4v) is 3.43. The molecule has 0 bridgehead atoms. The minimum absolute atomic E-state index is 0.273. The summed E-state index contributed by atoms with van der Waals surface area (Å²) in [4.78, 5) is 0.313. The second-order valence-corrected chi connectivity index (χ2v) is 7.73. The van der Waals surface area contributed by atoms with Gasteiger partial charge in [0, 0.05) is 31.9 Å². The van der Waals surface area contributed by atoms with Gasteiger partial charge >= 0.3 is 0 Å². The van der Waals surface area contributed by atoms with Gasteiger partial charge < -0.3 is 11.1 Å². The first kappa shape index (κ1) is 15.3. The molecule has 0 aromatic heterocycles. The molecule has 2 atom stereocenters. The molecule has 0 radical (unpaired) electrons. The molecule has 0 saturated heterocycles. The second kappa shape index (κ2) is 6.11. The monoisotopic (exact) mass is 297 g/mol. The Kier molecular flexibility index (Phi) is 4.67. The van der Waals surface area contributed by atoms with Crippen LogP contribution in [0, 0.1) is 0 Å². The van der Waals surface area contributed by atoms with Gasteiger partial charge in [0.25, 0.3) is 0 Å². The lowest BCUT2D eigenvalue weighted by Crippen LogP contribution is -2.34. The highest BCUT2D eigenvalue weighted by atomic mass is 32.2. The zero-order chi connectivity index (χ0) is 14.8. The van der Waals surface area contributed by atoms with Crippen LogP contribution in [0.2, 0.25) is 0 Å². The second-order valence-electron chi connectivity index (χ2n) is 5.58. The van der Waals surface area contributed by atoms with Crippen molar-refractivity contribution in [2.75, 3.05) is 19.4 Å². The number of sulfonamides is 1. The largest absolute Gasteiger partial charge is 0.382 e. The molecule has 112 valence electrons. The molecule has 2 rings (SSSR count). The number of rotatable bonds is 4. The van der Waals surface area contributed by atoms with Crippen LogP contribution in [-0.2, 0) is 10.0 Å². The molecule has 2 unspecified atom stereocenters. The summed E-state index contributed by atoms with van der Waals surface area (Å²) < 4.78 is 25.1. The van der Waals surface area contributed by atoms with Crippen LogP contribution in [0.3, 0.4) is 0 Å². The third-order valence-corrected chi connectivity index (χ3v) is 5.55. The van der Waals surface area contributed by atoms with Crippen molar-refractivity contribution in [3.05, 3.63) is 24.3 Å². The van der Waals surface area contributed by atoms with Crippen LogP contribution in [0.5, 0.6) is 0 Å². The number of hydrogen-bond donors (Lipinski definition) is 2. The Labute approximate surface area is 121 Å². The lowest BCUT2D eigenvalue weighted by Gasteiger charge is -2.28. The zero-order valence-electron chi connectivity index (χ0n) is 12.0. The van der Waals surface area contributed by atoms with Crippen LogP contribution in [0.25, 0.3) is 0 Å². The third-order valence-electron chi connectivity index (χ3n) is 3.72. The highest BCUT2D eigenvalue weighted by Crippen LogP contribution is 2.22. The van der Waals surface area contributed by atoms with E-state index in [0.29, 0.717) is 10.9 Å². The van der Waals surface area contributed by atoms with Gasteiger partial charge in [-0.05, 0) is 49.9 Å². The third kappa shape index (κ3) is 3.50. The Hall–Kier alpha value is -1.11. The molecular formula is C14H23N3O2S. The molecule has 20 heavy (non-hydrogen) atoms. The number of anilines is 1. The summed E-state index contributed by atoms with van der Waals surface area (Å²) >= 11 is 0. The van der Waals surface area contributed by atoms with E-state index in [1.807, 2.05) is 12.1 Å². The summed E-state index contributed by atoms with van der Waals surface area (Å²) in [6.07, 6.45) is 4.33. The summed E-state index contributed by atoms with van der Waals surface area (Å²) in [6, 6.07) is 7.57. The molecular weight excluding hydrogens is 274 g/mol. The molecule has 1 aromatic rings. The number of nitrogens with one attached hydrogen (secondary N) is 1. The molecule has 6 heteroatoms. The maximum atomic E-state index is 12.0. The Bertz CT molecular complexity index is 540. The Morgan fingerprint density at radius 3 is 2.40 bits per heavy atom. The summed E-state index contributed by atoms with van der Waals surface area (Å²) in [6.45, 7) is 0. The molecule has 0 heterocycles. The summed E-state index contributed by atoms with van der Waals surface area (Å²) in [5.41, 5.74) is 6.91. The molecule has 0 spiro atoms. The van der Waals surface area contributed by atoms with Gasteiger partial charge in [-0.2, -0.15) is 0 Å². The van der Waals surface area contributed by atoms with Gasteiger partial charge in [-0.15, -0.1) is 0 Å². The van der Waals surface area contributed by atoms with Crippen molar-refractivity contribution >= 4 is 15.7 Å². The van der Waals surface area contributed by atoms with Crippen molar-refractivity contribution in [3.63, 3.8) is 0 Å². The minimum Gasteiger partial charge on any atom is -0.382 e. The lowest BCUT2D eigenvalue weighted by molar-refractivity contribution is 0.409. The van der Waals surface area contributed by atoms with Crippen molar-refractivity contribution in [2.24, 2.45) is 5.73 Å². The molecule has 0 aliphatic heterocycles. The molecule has 1 aliphatic carbocycles. The summed E-state index contributed by atoms with van der Waals surface area (Å²) in [5, 5.41) is 3.43. The van der Waals surface area contributed by atoms with Crippen LogP contribution in [-0.4, -0.2) is 38.9 Å². The van der Waals surface area contributed by atoms with Crippen LogP contribution in [0.1, 0.15) is 25.7 Å². The predicted molar refractivity (Wildman–Crippen MR) is 81.2 cm³/mol. The first-order chi connectivity index (χ1) is 9.39. The first-order valence-corrected chi connectivity index (χ1v) is 8.38. The fourth-order valence-electron chi connectivity index (χ4n) is 2.53. The van der Waals surface area contributed by atoms with E-state index in [1.54, 1.807) is 12.1 Å². The SMILES string of the molecule is CN(C)S(=O)(=O)c1ccc(NC2CCCC(N)C2)cc1. The Morgan fingerprint density at radius 1 is 1.20 bits per heavy atom. The van der Waals surface area contributed by atoms with Crippen molar-refractivity contribution in [1.82, 2.24) is 4.31 Å². The van der Waals surface area contributed by atoms with Gasteiger partial charge in [0.2, 0.25) is 10.0 Å². The average molecular weight is 297 g/mol. The summed E-state index contributed by atoms with van der Waals surface area (Å²) in [7, 11) is -0.285. The molecule has 1 saturated carbocycles. The van der Waals surface area contributed by atoms with Crippen LogP contribution in [0.15, 0.2) is 29.2 Å². The topological polar surface area (TPSA) is 75.4 Å². The highest BCUT2D eigenvalue weighted by molar-refractivity contribution is 7.89. The number of hydrogen-bond acceptors (Lipinski definition) is 4. The minimum atomic E-state index is -3.35. The van der Waals surface area contributed by atoms with E-state index in [-0.39, 0.29) is 6.04 Å². The van der Waals surface area contributed by atoms with Gasteiger partial charge in [0.1, 0.15) is 0 Å². The molecule has 1 aromatic carbocycles. The lowest BCUT2D eigenvalue weighted by atomic mass is 9.91. The van der Waals surface area contributed by atoms with Crippen LogP contribution in [0.4, 0.5) is 5.69 Å². The van der Waals surface area contributed by atoms with E-state index in [2.05, 4.69) is 5.32 Å². The standard InChI is InChI=1S/C14H23N3O2S/c1-17(2)20(18,19)14-8-6-12(7-9-14)16-13-5-3-4-11(15)10-13/h6-9,11,13,16H,3-5,10,15H2,1-2H3. The first-order valence-electron chi connectivity index (χ1n) is 6.94. The Morgan fingerprint density at radius 2 is 1.85 bits per heavy atom. The normalized spacial score (nSPS) is 23.8. The van der Waals surface area contributed by atoms with E-state index in [1.165, 1.54) is 18.4 Å². The van der Waals surface area contributed by atoms with Gasteiger partial charge in [-0.3, -0.25) is 0 Å². The zero-order valence-corrected chi connectivity index (χ0v) is 12.9. The van der Waals surface area contributed by atoms with Crippen molar-refractivity contribution in [3.8, 4) is 0 Å². The van der Waals surface area contributed by atoms with Crippen molar-refractivity contribution in [2.45, 2.75) is 42.7 Å². The average Bonchev–Trinajstić information content (AvgIpc) is 2.39.